The summed E-state index contributed by atoms with van der Waals surface area (Å²) in [4.78, 5) is 11.8. The zero-order valence-corrected chi connectivity index (χ0v) is 10.6. The molecule has 1 rings (SSSR count). The van der Waals surface area contributed by atoms with Crippen molar-refractivity contribution < 1.29 is 9.53 Å². The van der Waals surface area contributed by atoms with Gasteiger partial charge in [0.2, 0.25) is 0 Å². The number of hydrogen-bond donors (Lipinski definition) is 2. The van der Waals surface area contributed by atoms with Gasteiger partial charge in [0.05, 0.1) is 6.61 Å². The van der Waals surface area contributed by atoms with Gasteiger partial charge in [-0.25, -0.2) is 0 Å². The number of benzene rings is 1. The Morgan fingerprint density at radius 1 is 1.47 bits per heavy atom. The molecule has 1 aromatic rings. The summed E-state index contributed by atoms with van der Waals surface area (Å²) in [5, 5.41) is 2.79. The fourth-order valence-corrected chi connectivity index (χ4v) is 1.30. The highest BCUT2D eigenvalue weighted by Gasteiger charge is 2.13. The minimum absolute atomic E-state index is 0.134. The Labute approximate surface area is 102 Å². The Balaban J connectivity index is 2.65. The molecule has 1 amide bonds. The molecule has 0 heterocycles. The lowest BCUT2D eigenvalue weighted by Gasteiger charge is -2.18. The highest BCUT2D eigenvalue weighted by atomic mass is 16.5. The van der Waals surface area contributed by atoms with Gasteiger partial charge in [-0.1, -0.05) is 6.07 Å². The van der Waals surface area contributed by atoms with E-state index in [9.17, 15) is 4.79 Å². The normalized spacial score (nSPS) is 11.1. The number of carbonyl (C=O) groups is 1. The third kappa shape index (κ3) is 4.87. The fourth-order valence-electron chi connectivity index (χ4n) is 1.30. The zero-order valence-electron chi connectivity index (χ0n) is 10.6. The molecule has 0 aliphatic heterocycles. The van der Waals surface area contributed by atoms with E-state index in [1.165, 1.54) is 0 Å². The zero-order chi connectivity index (χ0) is 12.9. The molecule has 0 atom stereocenters. The van der Waals surface area contributed by atoms with Crippen molar-refractivity contribution >= 4 is 5.91 Å². The highest BCUT2D eigenvalue weighted by molar-refractivity contribution is 5.94. The SMILES string of the molecule is CCOc1cccc(C(=O)NCC(C)(C)N)c1. The average Bonchev–Trinajstić information content (AvgIpc) is 2.26. The van der Waals surface area contributed by atoms with Crippen LogP contribution in [0, 0.1) is 0 Å². The number of hydrogen-bond acceptors (Lipinski definition) is 3. The molecule has 0 aliphatic carbocycles. The van der Waals surface area contributed by atoms with E-state index in [0.717, 1.165) is 0 Å². The molecule has 0 saturated heterocycles. The highest BCUT2D eigenvalue weighted by Crippen LogP contribution is 2.13. The van der Waals surface area contributed by atoms with Crippen molar-refractivity contribution in [2.24, 2.45) is 5.73 Å². The maximum atomic E-state index is 11.8. The number of nitrogens with one attached hydrogen (secondary N) is 1. The van der Waals surface area contributed by atoms with Gasteiger partial charge in [-0.2, -0.15) is 0 Å². The van der Waals surface area contributed by atoms with E-state index in [4.69, 9.17) is 10.5 Å². The van der Waals surface area contributed by atoms with E-state index in [1.807, 2.05) is 26.8 Å². The number of carbonyl (C=O) groups excluding carboxylic acids is 1. The van der Waals surface area contributed by atoms with Crippen LogP contribution in [0.15, 0.2) is 24.3 Å². The van der Waals surface area contributed by atoms with Gasteiger partial charge < -0.3 is 15.8 Å². The van der Waals surface area contributed by atoms with E-state index < -0.39 is 5.54 Å². The Bertz CT molecular complexity index is 383. The minimum atomic E-state index is -0.410. The molecule has 17 heavy (non-hydrogen) atoms. The third-order valence-electron chi connectivity index (χ3n) is 2.11. The molecule has 4 heteroatoms. The van der Waals surface area contributed by atoms with E-state index in [2.05, 4.69) is 5.32 Å². The molecule has 0 spiro atoms. The Morgan fingerprint density at radius 3 is 2.76 bits per heavy atom. The van der Waals surface area contributed by atoms with E-state index in [-0.39, 0.29) is 5.91 Å². The number of ether oxygens (including phenoxy) is 1. The van der Waals surface area contributed by atoms with Crippen LogP contribution in [-0.2, 0) is 0 Å². The van der Waals surface area contributed by atoms with Gasteiger partial charge in [-0.15, -0.1) is 0 Å². The van der Waals surface area contributed by atoms with E-state index in [0.29, 0.717) is 24.5 Å². The molecule has 0 saturated carbocycles. The van der Waals surface area contributed by atoms with Crippen molar-refractivity contribution in [3.8, 4) is 5.75 Å². The first-order valence-electron chi connectivity index (χ1n) is 5.72. The van der Waals surface area contributed by atoms with Crippen molar-refractivity contribution in [2.45, 2.75) is 26.3 Å². The van der Waals surface area contributed by atoms with E-state index in [1.54, 1.807) is 18.2 Å². The second kappa shape index (κ2) is 5.68. The predicted octanol–water partition coefficient (Wildman–Crippen LogP) is 1.55. The van der Waals surface area contributed by atoms with Gasteiger partial charge in [-0.3, -0.25) is 4.79 Å². The van der Waals surface area contributed by atoms with Crippen molar-refractivity contribution in [3.05, 3.63) is 29.8 Å². The Morgan fingerprint density at radius 2 is 2.18 bits per heavy atom. The van der Waals surface area contributed by atoms with Gasteiger partial charge in [0.1, 0.15) is 5.75 Å². The van der Waals surface area contributed by atoms with Crippen LogP contribution >= 0.6 is 0 Å². The quantitative estimate of drug-likeness (QED) is 0.815. The lowest BCUT2D eigenvalue weighted by molar-refractivity contribution is 0.0945. The summed E-state index contributed by atoms with van der Waals surface area (Å²) in [6.07, 6.45) is 0. The van der Waals surface area contributed by atoms with Gasteiger partial charge in [0.25, 0.3) is 5.91 Å². The van der Waals surface area contributed by atoms with Crippen LogP contribution in [0.4, 0.5) is 0 Å². The van der Waals surface area contributed by atoms with Gasteiger partial charge in [-0.05, 0) is 39.0 Å². The second-order valence-electron chi connectivity index (χ2n) is 4.63. The van der Waals surface area contributed by atoms with Crippen LogP contribution in [0.3, 0.4) is 0 Å². The standard InChI is InChI=1S/C13H20N2O2/c1-4-17-11-7-5-6-10(8-11)12(16)15-9-13(2,3)14/h5-8H,4,9,14H2,1-3H3,(H,15,16). The van der Waals surface area contributed by atoms with Crippen LogP contribution in [0.25, 0.3) is 0 Å². The molecule has 0 bridgehead atoms. The summed E-state index contributed by atoms with van der Waals surface area (Å²) in [5.41, 5.74) is 5.97. The maximum absolute atomic E-state index is 11.8. The topological polar surface area (TPSA) is 64.3 Å². The summed E-state index contributed by atoms with van der Waals surface area (Å²) in [6, 6.07) is 7.10. The van der Waals surface area contributed by atoms with Crippen molar-refractivity contribution in [3.63, 3.8) is 0 Å². The van der Waals surface area contributed by atoms with Crippen LogP contribution in [0.5, 0.6) is 5.75 Å². The second-order valence-corrected chi connectivity index (χ2v) is 4.63. The molecule has 0 radical (unpaired) electrons. The molecular weight excluding hydrogens is 216 g/mol. The number of rotatable bonds is 5. The summed E-state index contributed by atoms with van der Waals surface area (Å²) >= 11 is 0. The van der Waals surface area contributed by atoms with Crippen molar-refractivity contribution in [2.75, 3.05) is 13.2 Å². The summed E-state index contributed by atoms with van der Waals surface area (Å²) in [6.45, 7) is 6.66. The minimum Gasteiger partial charge on any atom is -0.494 e. The van der Waals surface area contributed by atoms with Crippen LogP contribution in [-0.4, -0.2) is 24.6 Å². The molecular formula is C13H20N2O2. The first kappa shape index (κ1) is 13.5. The number of nitrogens with two attached hydrogens (primary N) is 1. The molecule has 0 aliphatic rings. The summed E-state index contributed by atoms with van der Waals surface area (Å²) in [7, 11) is 0. The lowest BCUT2D eigenvalue weighted by Crippen LogP contribution is -2.45. The first-order chi connectivity index (χ1) is 7.92. The number of amides is 1. The molecule has 0 fully saturated rings. The van der Waals surface area contributed by atoms with Crippen LogP contribution in [0.1, 0.15) is 31.1 Å². The van der Waals surface area contributed by atoms with Gasteiger partial charge in [0.15, 0.2) is 0 Å². The molecule has 0 aromatic heterocycles. The van der Waals surface area contributed by atoms with Crippen LogP contribution < -0.4 is 15.8 Å². The first-order valence-corrected chi connectivity index (χ1v) is 5.72. The predicted molar refractivity (Wildman–Crippen MR) is 68.2 cm³/mol. The maximum Gasteiger partial charge on any atom is 0.251 e. The smallest absolute Gasteiger partial charge is 0.251 e. The lowest BCUT2D eigenvalue weighted by atomic mass is 10.1. The molecule has 1 aromatic carbocycles. The Hall–Kier alpha value is -1.55. The third-order valence-corrected chi connectivity index (χ3v) is 2.11. The van der Waals surface area contributed by atoms with Gasteiger partial charge in [0, 0.05) is 17.6 Å². The average molecular weight is 236 g/mol. The molecule has 3 N–H and O–H groups in total. The Kier molecular flexibility index (Phi) is 4.52. The molecule has 94 valence electrons. The summed E-state index contributed by atoms with van der Waals surface area (Å²) in [5.74, 6) is 0.567. The van der Waals surface area contributed by atoms with Crippen molar-refractivity contribution in [1.29, 1.82) is 0 Å². The van der Waals surface area contributed by atoms with Gasteiger partial charge >= 0.3 is 0 Å². The summed E-state index contributed by atoms with van der Waals surface area (Å²) < 4.78 is 5.34. The van der Waals surface area contributed by atoms with E-state index >= 15 is 0 Å². The largest absolute Gasteiger partial charge is 0.494 e. The monoisotopic (exact) mass is 236 g/mol. The van der Waals surface area contributed by atoms with Crippen LogP contribution in [0.2, 0.25) is 0 Å². The molecule has 4 nitrogen and oxygen atoms in total. The fraction of sp³-hybridized carbons (Fsp3) is 0.462. The molecule has 0 unspecified atom stereocenters. The van der Waals surface area contributed by atoms with Crippen molar-refractivity contribution in [1.82, 2.24) is 5.32 Å².